The first kappa shape index (κ1) is 20.7. The predicted molar refractivity (Wildman–Crippen MR) is 103 cm³/mol. The van der Waals surface area contributed by atoms with Crippen molar-refractivity contribution in [3.8, 4) is 6.07 Å². The Morgan fingerprint density at radius 2 is 1.26 bits per heavy atom. The molecule has 0 spiro atoms. The quantitative estimate of drug-likeness (QED) is 0.583. The normalized spacial score (nSPS) is 18.1. The summed E-state index contributed by atoms with van der Waals surface area (Å²) >= 11 is 0. The molecule has 0 N–H and O–H groups in total. The van der Waals surface area contributed by atoms with Gasteiger partial charge in [-0.15, -0.1) is 0 Å². The van der Waals surface area contributed by atoms with Crippen molar-refractivity contribution < 1.29 is 0 Å². The lowest BCUT2D eigenvalue weighted by Gasteiger charge is -2.49. The number of rotatable bonds is 9. The summed E-state index contributed by atoms with van der Waals surface area (Å²) in [6.45, 7) is 20.2. The first-order valence-corrected chi connectivity index (χ1v) is 12.2. The Balaban J connectivity index is 2.84. The van der Waals surface area contributed by atoms with E-state index in [-0.39, 0.29) is 0 Å². The zero-order chi connectivity index (χ0) is 17.5. The molecule has 23 heavy (non-hydrogen) atoms. The van der Waals surface area contributed by atoms with Gasteiger partial charge in [0.2, 0.25) is 0 Å². The molecule has 1 rings (SSSR count). The number of nitrogens with zero attached hydrogens (tertiary/aromatic N) is 3. The molecule has 0 aromatic rings. The summed E-state index contributed by atoms with van der Waals surface area (Å²) < 4.78 is 2.94. The number of nitriles is 1. The highest BCUT2D eigenvalue weighted by molar-refractivity contribution is 6.77. The maximum absolute atomic E-state index is 8.80. The first-order valence-electron chi connectivity index (χ1n) is 9.63. The molecule has 0 aromatic carbocycles. The van der Waals surface area contributed by atoms with E-state index in [4.69, 9.17) is 5.26 Å². The van der Waals surface area contributed by atoms with Gasteiger partial charge in [0.05, 0.1) is 6.07 Å². The zero-order valence-corrected chi connectivity index (χ0v) is 17.4. The van der Waals surface area contributed by atoms with Crippen LogP contribution >= 0.6 is 0 Å². The second kappa shape index (κ2) is 9.81. The molecule has 0 aromatic heterocycles. The van der Waals surface area contributed by atoms with E-state index in [2.05, 4.69) is 57.1 Å². The summed E-state index contributed by atoms with van der Waals surface area (Å²) in [5.74, 6) is 2.40. The maximum Gasteiger partial charge on any atom is 0.129 e. The molecule has 0 radical (unpaired) electrons. The van der Waals surface area contributed by atoms with Crippen molar-refractivity contribution in [2.75, 3.05) is 32.7 Å². The van der Waals surface area contributed by atoms with Crippen molar-refractivity contribution in [2.45, 2.75) is 66.1 Å². The van der Waals surface area contributed by atoms with Gasteiger partial charge in [0.15, 0.2) is 0 Å². The molecular formula is C19H39N3Si. The standard InChI is InChI=1S/C19H39N3Si/c1-17(2)14-23(15-18(3)4,16-19(5)6)22-12-10-21(11-13-22)9-7-8-20/h17-19H,7,9-16H2,1-6H3. The monoisotopic (exact) mass is 337 g/mol. The van der Waals surface area contributed by atoms with Gasteiger partial charge in [-0.25, -0.2) is 0 Å². The van der Waals surface area contributed by atoms with Gasteiger partial charge in [0, 0.05) is 39.1 Å². The van der Waals surface area contributed by atoms with E-state index in [1.165, 1.54) is 31.2 Å². The molecule has 3 nitrogen and oxygen atoms in total. The number of piperazine rings is 1. The second-order valence-electron chi connectivity index (χ2n) is 8.76. The summed E-state index contributed by atoms with van der Waals surface area (Å²) in [6.07, 6.45) is 0.673. The van der Waals surface area contributed by atoms with E-state index >= 15 is 0 Å². The van der Waals surface area contributed by atoms with Crippen LogP contribution in [0.2, 0.25) is 18.1 Å². The van der Waals surface area contributed by atoms with E-state index in [0.29, 0.717) is 6.42 Å². The van der Waals surface area contributed by atoms with Crippen molar-refractivity contribution in [1.82, 2.24) is 9.47 Å². The number of hydrogen-bond acceptors (Lipinski definition) is 3. The SMILES string of the molecule is CC(C)C[Si](CC(C)C)(CC(C)C)N1CCN(CCC#N)CC1. The van der Waals surface area contributed by atoms with E-state index in [1.54, 1.807) is 0 Å². The van der Waals surface area contributed by atoms with Gasteiger partial charge in [-0.3, -0.25) is 4.90 Å². The molecule has 0 saturated carbocycles. The van der Waals surface area contributed by atoms with Gasteiger partial charge in [-0.2, -0.15) is 5.26 Å². The second-order valence-corrected chi connectivity index (χ2v) is 13.1. The molecule has 1 heterocycles. The van der Waals surface area contributed by atoms with E-state index in [0.717, 1.165) is 37.4 Å². The van der Waals surface area contributed by atoms with Crippen molar-refractivity contribution in [3.05, 3.63) is 0 Å². The van der Waals surface area contributed by atoms with Crippen LogP contribution in [0.15, 0.2) is 0 Å². The van der Waals surface area contributed by atoms with Crippen LogP contribution in [0.1, 0.15) is 48.0 Å². The van der Waals surface area contributed by atoms with Gasteiger partial charge in [-0.05, 0) is 35.9 Å². The lowest BCUT2D eigenvalue weighted by Crippen LogP contribution is -2.61. The average Bonchev–Trinajstić information content (AvgIpc) is 2.43. The predicted octanol–water partition coefficient (Wildman–Crippen LogP) is 4.43. The van der Waals surface area contributed by atoms with Gasteiger partial charge >= 0.3 is 0 Å². The summed E-state index contributed by atoms with van der Waals surface area (Å²) in [5, 5.41) is 8.80. The molecule has 1 aliphatic heterocycles. The minimum absolute atomic E-state index is 0.673. The van der Waals surface area contributed by atoms with E-state index in [1.807, 2.05) is 0 Å². The van der Waals surface area contributed by atoms with Crippen LogP contribution in [-0.2, 0) is 0 Å². The third kappa shape index (κ3) is 6.95. The Hall–Kier alpha value is -0.373. The lowest BCUT2D eigenvalue weighted by atomic mass is 10.2. The first-order chi connectivity index (χ1) is 10.8. The fourth-order valence-electron chi connectivity index (χ4n) is 4.57. The molecule has 0 aliphatic carbocycles. The smallest absolute Gasteiger partial charge is 0.129 e. The Morgan fingerprint density at radius 3 is 1.61 bits per heavy atom. The third-order valence-electron chi connectivity index (χ3n) is 4.95. The molecular weight excluding hydrogens is 298 g/mol. The van der Waals surface area contributed by atoms with Crippen LogP contribution in [0.25, 0.3) is 0 Å². The van der Waals surface area contributed by atoms with Gasteiger partial charge in [0.1, 0.15) is 8.24 Å². The van der Waals surface area contributed by atoms with Crippen LogP contribution in [0.3, 0.4) is 0 Å². The van der Waals surface area contributed by atoms with Gasteiger partial charge < -0.3 is 4.57 Å². The fraction of sp³-hybridized carbons (Fsp3) is 0.947. The minimum Gasteiger partial charge on any atom is -0.321 e. The largest absolute Gasteiger partial charge is 0.321 e. The fourth-order valence-corrected chi connectivity index (χ4v) is 11.6. The molecule has 134 valence electrons. The van der Waals surface area contributed by atoms with Crippen molar-refractivity contribution in [3.63, 3.8) is 0 Å². The molecule has 1 saturated heterocycles. The van der Waals surface area contributed by atoms with Crippen molar-refractivity contribution >= 4 is 8.24 Å². The molecule has 0 unspecified atom stereocenters. The molecule has 0 bridgehead atoms. The Morgan fingerprint density at radius 1 is 0.826 bits per heavy atom. The van der Waals surface area contributed by atoms with Crippen LogP contribution in [0, 0.1) is 29.1 Å². The van der Waals surface area contributed by atoms with Gasteiger partial charge in [0.25, 0.3) is 0 Å². The summed E-state index contributed by atoms with van der Waals surface area (Å²) in [7, 11) is -1.40. The van der Waals surface area contributed by atoms with Crippen LogP contribution in [-0.4, -0.2) is 50.4 Å². The van der Waals surface area contributed by atoms with Crippen molar-refractivity contribution in [1.29, 1.82) is 5.26 Å². The Bertz CT molecular complexity index is 339. The molecule has 1 aliphatic rings. The molecule has 0 amide bonds. The highest BCUT2D eigenvalue weighted by Gasteiger charge is 2.41. The van der Waals surface area contributed by atoms with E-state index < -0.39 is 8.24 Å². The topological polar surface area (TPSA) is 30.3 Å². The molecule has 0 atom stereocenters. The van der Waals surface area contributed by atoms with Crippen LogP contribution < -0.4 is 0 Å². The Kier molecular flexibility index (Phi) is 8.82. The van der Waals surface area contributed by atoms with Gasteiger partial charge in [-0.1, -0.05) is 41.5 Å². The zero-order valence-electron chi connectivity index (χ0n) is 16.4. The highest BCUT2D eigenvalue weighted by Crippen LogP contribution is 2.35. The number of hydrogen-bond donors (Lipinski definition) is 0. The summed E-state index contributed by atoms with van der Waals surface area (Å²) in [6, 6.07) is 6.63. The summed E-state index contributed by atoms with van der Waals surface area (Å²) in [5.41, 5.74) is 0. The molecule has 1 fully saturated rings. The minimum atomic E-state index is -1.40. The Labute approximate surface area is 146 Å². The highest BCUT2D eigenvalue weighted by atomic mass is 28.3. The van der Waals surface area contributed by atoms with E-state index in [9.17, 15) is 0 Å². The van der Waals surface area contributed by atoms with Crippen LogP contribution in [0.5, 0.6) is 0 Å². The molecule has 4 heteroatoms. The summed E-state index contributed by atoms with van der Waals surface area (Å²) in [4.78, 5) is 2.49. The third-order valence-corrected chi connectivity index (χ3v) is 11.5. The van der Waals surface area contributed by atoms with Crippen molar-refractivity contribution in [2.24, 2.45) is 17.8 Å². The van der Waals surface area contributed by atoms with Crippen LogP contribution in [0.4, 0.5) is 0 Å². The average molecular weight is 338 g/mol. The lowest BCUT2D eigenvalue weighted by molar-refractivity contribution is 0.182. The maximum atomic E-state index is 8.80.